The maximum absolute atomic E-state index is 5.98. The number of hydrogen-bond donors (Lipinski definition) is 0. The van der Waals surface area contributed by atoms with E-state index >= 15 is 0 Å². The summed E-state index contributed by atoms with van der Waals surface area (Å²) in [5, 5.41) is 8.60. The minimum absolute atomic E-state index is 0.459. The van der Waals surface area contributed by atoms with Crippen LogP contribution in [-0.2, 0) is 11.4 Å². The van der Waals surface area contributed by atoms with Gasteiger partial charge >= 0.3 is 0 Å². The molecule has 6 heteroatoms. The monoisotopic (exact) mass is 440 g/mol. The van der Waals surface area contributed by atoms with Crippen molar-refractivity contribution in [3.05, 3.63) is 83.8 Å². The molecular formula is C27H28N4O2. The highest BCUT2D eigenvalue weighted by molar-refractivity contribution is 5.87. The Bertz CT molecular complexity index is 1230. The molecule has 33 heavy (non-hydrogen) atoms. The van der Waals surface area contributed by atoms with E-state index in [-0.39, 0.29) is 0 Å². The Morgan fingerprint density at radius 3 is 2.55 bits per heavy atom. The molecule has 0 spiro atoms. The van der Waals surface area contributed by atoms with Crippen LogP contribution in [-0.4, -0.2) is 27.9 Å². The van der Waals surface area contributed by atoms with Crippen molar-refractivity contribution in [1.82, 2.24) is 14.6 Å². The molecule has 2 heterocycles. The predicted octanol–water partition coefficient (Wildman–Crippen LogP) is 6.00. The van der Waals surface area contributed by atoms with Crippen LogP contribution in [0.15, 0.2) is 72.1 Å². The van der Waals surface area contributed by atoms with Crippen molar-refractivity contribution >= 4 is 11.9 Å². The molecule has 168 valence electrons. The Balaban J connectivity index is 1.48. The highest BCUT2D eigenvalue weighted by Gasteiger charge is 2.24. The molecule has 5 rings (SSSR count). The minimum Gasteiger partial charge on any atom is -0.489 e. The third-order valence-corrected chi connectivity index (χ3v) is 6.29. The van der Waals surface area contributed by atoms with Crippen LogP contribution >= 0.6 is 0 Å². The van der Waals surface area contributed by atoms with E-state index in [1.165, 1.54) is 44.9 Å². The first kappa shape index (κ1) is 21.2. The Morgan fingerprint density at radius 1 is 1.00 bits per heavy atom. The molecule has 0 unspecified atom stereocenters. The fraction of sp³-hybridized carbons (Fsp3) is 0.296. The van der Waals surface area contributed by atoms with Gasteiger partial charge in [0.25, 0.3) is 0 Å². The lowest BCUT2D eigenvalue weighted by molar-refractivity contribution is 0.215. The second kappa shape index (κ2) is 9.86. The Labute approximate surface area is 193 Å². The molecule has 0 bridgehead atoms. The van der Waals surface area contributed by atoms with Crippen LogP contribution in [0.2, 0.25) is 0 Å². The molecule has 0 saturated heterocycles. The number of aromatic nitrogens is 3. The van der Waals surface area contributed by atoms with Gasteiger partial charge in [0.05, 0.1) is 23.7 Å². The van der Waals surface area contributed by atoms with Gasteiger partial charge < -0.3 is 9.57 Å². The molecule has 0 aliphatic heterocycles. The Morgan fingerprint density at radius 2 is 1.79 bits per heavy atom. The zero-order valence-corrected chi connectivity index (χ0v) is 18.9. The SMILES string of the molecule is CON=Cc1cnn2c(C3CCCCC3)c(-c3ccc(OCc4ccccc4)cc3)cnc12. The van der Waals surface area contributed by atoms with Crippen molar-refractivity contribution in [1.29, 1.82) is 0 Å². The molecule has 2 aromatic carbocycles. The van der Waals surface area contributed by atoms with Gasteiger partial charge in [0, 0.05) is 17.7 Å². The van der Waals surface area contributed by atoms with Crippen molar-refractivity contribution in [2.75, 3.05) is 7.11 Å². The lowest BCUT2D eigenvalue weighted by atomic mass is 9.84. The number of hydrogen-bond acceptors (Lipinski definition) is 5. The molecule has 0 radical (unpaired) electrons. The topological polar surface area (TPSA) is 61.0 Å². The first-order chi connectivity index (χ1) is 16.3. The molecular weight excluding hydrogens is 412 g/mol. The molecule has 1 saturated carbocycles. The molecule has 4 aromatic rings. The van der Waals surface area contributed by atoms with Crippen molar-refractivity contribution < 1.29 is 9.57 Å². The number of ether oxygens (including phenoxy) is 1. The number of rotatable bonds is 7. The molecule has 2 aromatic heterocycles. The molecule has 6 nitrogen and oxygen atoms in total. The smallest absolute Gasteiger partial charge is 0.164 e. The summed E-state index contributed by atoms with van der Waals surface area (Å²) >= 11 is 0. The summed E-state index contributed by atoms with van der Waals surface area (Å²) in [6.07, 6.45) is 11.6. The van der Waals surface area contributed by atoms with E-state index in [2.05, 4.69) is 29.4 Å². The van der Waals surface area contributed by atoms with Gasteiger partial charge in [0.15, 0.2) is 5.65 Å². The fourth-order valence-corrected chi connectivity index (χ4v) is 4.63. The van der Waals surface area contributed by atoms with Gasteiger partial charge in [-0.1, -0.05) is 66.9 Å². The van der Waals surface area contributed by atoms with Gasteiger partial charge in [-0.3, -0.25) is 0 Å². The minimum atomic E-state index is 0.459. The largest absolute Gasteiger partial charge is 0.489 e. The lowest BCUT2D eigenvalue weighted by Gasteiger charge is -2.25. The zero-order chi connectivity index (χ0) is 22.5. The normalized spacial score (nSPS) is 14.7. The molecule has 0 N–H and O–H groups in total. The fourth-order valence-electron chi connectivity index (χ4n) is 4.63. The zero-order valence-electron chi connectivity index (χ0n) is 18.9. The standard InChI is InChI=1S/C27H28N4O2/c1-32-30-17-23-16-29-31-26(22-10-6-3-7-11-22)25(18-28-27(23)31)21-12-14-24(15-13-21)33-19-20-8-4-2-5-9-20/h2,4-5,8-9,12-18,22H,3,6-7,10-11,19H2,1H3. The van der Waals surface area contributed by atoms with Crippen LogP contribution in [0.25, 0.3) is 16.8 Å². The third kappa shape index (κ3) is 4.60. The van der Waals surface area contributed by atoms with E-state index in [9.17, 15) is 0 Å². The van der Waals surface area contributed by atoms with Crippen molar-refractivity contribution in [2.45, 2.75) is 44.6 Å². The quantitative estimate of drug-likeness (QED) is 0.261. The highest BCUT2D eigenvalue weighted by atomic mass is 16.6. The third-order valence-electron chi connectivity index (χ3n) is 6.29. The number of oxime groups is 1. The van der Waals surface area contributed by atoms with Gasteiger partial charge in [0.1, 0.15) is 19.5 Å². The van der Waals surface area contributed by atoms with Crippen LogP contribution in [0.1, 0.15) is 54.8 Å². The van der Waals surface area contributed by atoms with Crippen LogP contribution in [0.5, 0.6) is 5.75 Å². The second-order valence-electron chi connectivity index (χ2n) is 8.44. The van der Waals surface area contributed by atoms with Crippen LogP contribution in [0, 0.1) is 0 Å². The molecule has 1 aliphatic carbocycles. The van der Waals surface area contributed by atoms with Gasteiger partial charge in [0.2, 0.25) is 0 Å². The number of benzene rings is 2. The van der Waals surface area contributed by atoms with Crippen LogP contribution in [0.4, 0.5) is 0 Å². The highest BCUT2D eigenvalue weighted by Crippen LogP contribution is 2.38. The molecule has 0 atom stereocenters. The van der Waals surface area contributed by atoms with E-state index in [0.29, 0.717) is 12.5 Å². The van der Waals surface area contributed by atoms with E-state index < -0.39 is 0 Å². The average Bonchev–Trinajstić information content (AvgIpc) is 3.30. The lowest BCUT2D eigenvalue weighted by Crippen LogP contribution is -2.12. The van der Waals surface area contributed by atoms with E-state index in [1.54, 1.807) is 6.21 Å². The maximum Gasteiger partial charge on any atom is 0.164 e. The van der Waals surface area contributed by atoms with E-state index in [1.807, 2.05) is 47.2 Å². The molecule has 1 fully saturated rings. The van der Waals surface area contributed by atoms with Gasteiger partial charge in [-0.2, -0.15) is 5.10 Å². The average molecular weight is 441 g/mol. The van der Waals surface area contributed by atoms with Gasteiger partial charge in [-0.25, -0.2) is 9.50 Å². The van der Waals surface area contributed by atoms with Crippen molar-refractivity contribution in [3.8, 4) is 16.9 Å². The van der Waals surface area contributed by atoms with E-state index in [4.69, 9.17) is 19.7 Å². The summed E-state index contributed by atoms with van der Waals surface area (Å²) in [5.74, 6) is 1.31. The Hall–Kier alpha value is -3.67. The number of fused-ring (bicyclic) bond motifs is 1. The summed E-state index contributed by atoms with van der Waals surface area (Å²) < 4.78 is 7.98. The molecule has 1 aliphatic rings. The second-order valence-corrected chi connectivity index (χ2v) is 8.44. The first-order valence-corrected chi connectivity index (χ1v) is 11.5. The van der Waals surface area contributed by atoms with Crippen molar-refractivity contribution in [3.63, 3.8) is 0 Å². The molecule has 0 amide bonds. The predicted molar refractivity (Wildman–Crippen MR) is 130 cm³/mol. The van der Waals surface area contributed by atoms with Crippen LogP contribution in [0.3, 0.4) is 0 Å². The summed E-state index contributed by atoms with van der Waals surface area (Å²) in [4.78, 5) is 9.60. The number of nitrogens with zero attached hydrogens (tertiary/aromatic N) is 4. The van der Waals surface area contributed by atoms with Gasteiger partial charge in [-0.15, -0.1) is 0 Å². The van der Waals surface area contributed by atoms with Crippen molar-refractivity contribution in [2.24, 2.45) is 5.16 Å². The summed E-state index contributed by atoms with van der Waals surface area (Å²) in [6.45, 7) is 0.556. The summed E-state index contributed by atoms with van der Waals surface area (Å²) in [5.41, 5.74) is 6.30. The first-order valence-electron chi connectivity index (χ1n) is 11.5. The summed E-state index contributed by atoms with van der Waals surface area (Å²) in [6, 6.07) is 18.5. The van der Waals surface area contributed by atoms with Gasteiger partial charge in [-0.05, 0) is 36.1 Å². The maximum atomic E-state index is 5.98. The van der Waals surface area contributed by atoms with E-state index in [0.717, 1.165) is 33.7 Å². The Kier molecular flexibility index (Phi) is 6.33. The van der Waals surface area contributed by atoms with Crippen LogP contribution < -0.4 is 4.74 Å². The summed E-state index contributed by atoms with van der Waals surface area (Å²) in [7, 11) is 1.54.